The molecule has 0 radical (unpaired) electrons. The fourth-order valence-corrected chi connectivity index (χ4v) is 2.49. The first-order valence-corrected chi connectivity index (χ1v) is 5.63. The highest BCUT2D eigenvalue weighted by atomic mass is 32.2. The Balaban J connectivity index is 2.33. The lowest BCUT2D eigenvalue weighted by molar-refractivity contribution is 1.21. The molecule has 0 saturated carbocycles. The average molecular weight is 234 g/mol. The minimum atomic E-state index is 0.565. The van der Waals surface area contributed by atoms with Crippen LogP contribution >= 0.6 is 23.3 Å². The summed E-state index contributed by atoms with van der Waals surface area (Å²) in [6.45, 7) is 0. The van der Waals surface area contributed by atoms with Crippen molar-refractivity contribution in [3.05, 3.63) is 30.1 Å². The topological polar surface area (TPSA) is 75.6 Å². The molecule has 4 nitrogen and oxygen atoms in total. The van der Waals surface area contributed by atoms with Gasteiger partial charge in [-0.05, 0) is 29.7 Å². The Morgan fingerprint density at radius 1 is 1.47 bits per heavy atom. The first-order chi connectivity index (χ1) is 7.29. The van der Waals surface area contributed by atoms with Gasteiger partial charge in [-0.15, -0.1) is 0 Å². The third kappa shape index (κ3) is 2.26. The van der Waals surface area contributed by atoms with E-state index in [4.69, 9.17) is 11.0 Å². The second kappa shape index (κ2) is 4.29. The van der Waals surface area contributed by atoms with E-state index in [-0.39, 0.29) is 0 Å². The van der Waals surface area contributed by atoms with Crippen LogP contribution in [-0.2, 0) is 0 Å². The van der Waals surface area contributed by atoms with Gasteiger partial charge < -0.3 is 5.73 Å². The zero-order valence-corrected chi connectivity index (χ0v) is 9.18. The molecule has 1 aromatic heterocycles. The van der Waals surface area contributed by atoms with Crippen LogP contribution in [-0.4, -0.2) is 9.36 Å². The van der Waals surface area contributed by atoms with Crippen LogP contribution in [0.15, 0.2) is 33.8 Å². The van der Waals surface area contributed by atoms with E-state index in [0.29, 0.717) is 11.3 Å². The quantitative estimate of drug-likeness (QED) is 0.806. The third-order valence-corrected chi connectivity index (χ3v) is 3.45. The van der Waals surface area contributed by atoms with Crippen LogP contribution in [0.1, 0.15) is 5.56 Å². The molecular formula is C9H6N4S2. The Kier molecular flexibility index (Phi) is 2.85. The summed E-state index contributed by atoms with van der Waals surface area (Å²) in [5.74, 6) is 0. The number of benzene rings is 1. The van der Waals surface area contributed by atoms with Gasteiger partial charge in [0, 0.05) is 10.6 Å². The summed E-state index contributed by atoms with van der Waals surface area (Å²) < 4.78 is 4.71. The average Bonchev–Trinajstić information content (AvgIpc) is 2.73. The summed E-state index contributed by atoms with van der Waals surface area (Å²) in [6, 6.07) is 7.35. The molecule has 2 N–H and O–H groups in total. The van der Waals surface area contributed by atoms with Gasteiger partial charge in [-0.1, -0.05) is 11.8 Å². The van der Waals surface area contributed by atoms with E-state index >= 15 is 0 Å². The van der Waals surface area contributed by atoms with E-state index in [1.807, 2.05) is 6.07 Å². The third-order valence-electron chi connectivity index (χ3n) is 1.66. The number of rotatable bonds is 2. The lowest BCUT2D eigenvalue weighted by Gasteiger charge is -2.01. The van der Waals surface area contributed by atoms with Crippen molar-refractivity contribution in [2.24, 2.45) is 0 Å². The van der Waals surface area contributed by atoms with Gasteiger partial charge in [-0.3, -0.25) is 0 Å². The van der Waals surface area contributed by atoms with Crippen molar-refractivity contribution >= 4 is 29.0 Å². The predicted octanol–water partition coefficient (Wildman–Crippen LogP) is 2.14. The number of nitriles is 1. The van der Waals surface area contributed by atoms with Crippen LogP contribution in [0.25, 0.3) is 0 Å². The predicted molar refractivity (Wildman–Crippen MR) is 59.6 cm³/mol. The number of anilines is 1. The molecule has 6 heteroatoms. The van der Waals surface area contributed by atoms with Gasteiger partial charge in [-0.2, -0.15) is 9.64 Å². The fraction of sp³-hybridized carbons (Fsp3) is 0. The fourth-order valence-electron chi connectivity index (χ4n) is 1.03. The molecule has 2 rings (SSSR count). The first kappa shape index (κ1) is 9.96. The Hall–Kier alpha value is -1.58. The summed E-state index contributed by atoms with van der Waals surface area (Å²) in [4.78, 5) is 4.89. The van der Waals surface area contributed by atoms with Gasteiger partial charge in [-0.25, -0.2) is 4.98 Å². The number of nitrogen functional groups attached to an aromatic ring is 1. The Bertz CT molecular complexity index is 501. The molecule has 0 unspecified atom stereocenters. The van der Waals surface area contributed by atoms with Crippen molar-refractivity contribution in [1.29, 1.82) is 5.26 Å². The van der Waals surface area contributed by atoms with Crippen LogP contribution in [0.2, 0.25) is 0 Å². The van der Waals surface area contributed by atoms with Crippen molar-refractivity contribution in [3.63, 3.8) is 0 Å². The van der Waals surface area contributed by atoms with Crippen molar-refractivity contribution < 1.29 is 0 Å². The maximum absolute atomic E-state index is 8.92. The van der Waals surface area contributed by atoms with Crippen LogP contribution in [0.4, 0.5) is 5.69 Å². The van der Waals surface area contributed by atoms with E-state index in [1.165, 1.54) is 29.6 Å². The van der Waals surface area contributed by atoms with E-state index in [9.17, 15) is 0 Å². The number of hydrogen-bond acceptors (Lipinski definition) is 6. The number of aromatic nitrogens is 2. The smallest absolute Gasteiger partial charge is 0.174 e. The standard InChI is InChI=1S/C9H6N4S2/c10-4-6-3-7(11)1-2-8(6)14-9-12-5-13-15-9/h1-3,5H,11H2. The largest absolute Gasteiger partial charge is 0.399 e. The van der Waals surface area contributed by atoms with Crippen LogP contribution < -0.4 is 5.73 Å². The summed E-state index contributed by atoms with van der Waals surface area (Å²) in [6.07, 6.45) is 1.50. The van der Waals surface area contributed by atoms with Gasteiger partial charge in [0.15, 0.2) is 4.34 Å². The molecule has 0 aliphatic rings. The minimum Gasteiger partial charge on any atom is -0.399 e. The molecule has 0 spiro atoms. The molecule has 0 aliphatic carbocycles. The minimum absolute atomic E-state index is 0.565. The van der Waals surface area contributed by atoms with Crippen molar-refractivity contribution in [2.75, 3.05) is 5.73 Å². The van der Waals surface area contributed by atoms with Gasteiger partial charge in [0.25, 0.3) is 0 Å². The Morgan fingerprint density at radius 3 is 3.00 bits per heavy atom. The van der Waals surface area contributed by atoms with E-state index in [1.54, 1.807) is 12.1 Å². The Morgan fingerprint density at radius 2 is 2.33 bits per heavy atom. The van der Waals surface area contributed by atoms with E-state index in [0.717, 1.165) is 9.24 Å². The normalized spacial score (nSPS) is 9.80. The number of nitrogens with two attached hydrogens (primary N) is 1. The van der Waals surface area contributed by atoms with Gasteiger partial charge in [0.1, 0.15) is 12.4 Å². The van der Waals surface area contributed by atoms with Crippen LogP contribution in [0, 0.1) is 11.3 Å². The van der Waals surface area contributed by atoms with E-state index < -0.39 is 0 Å². The molecular weight excluding hydrogens is 228 g/mol. The summed E-state index contributed by atoms with van der Waals surface area (Å²) in [7, 11) is 0. The van der Waals surface area contributed by atoms with Gasteiger partial charge in [0.2, 0.25) is 0 Å². The van der Waals surface area contributed by atoms with Crippen molar-refractivity contribution in [1.82, 2.24) is 9.36 Å². The monoisotopic (exact) mass is 234 g/mol. The lowest BCUT2D eigenvalue weighted by Crippen LogP contribution is -1.87. The van der Waals surface area contributed by atoms with E-state index in [2.05, 4.69) is 15.4 Å². The second-order valence-electron chi connectivity index (χ2n) is 2.68. The zero-order chi connectivity index (χ0) is 10.7. The highest BCUT2D eigenvalue weighted by Gasteiger charge is 2.06. The molecule has 0 fully saturated rings. The lowest BCUT2D eigenvalue weighted by atomic mass is 10.2. The number of nitrogens with zero attached hydrogens (tertiary/aromatic N) is 3. The molecule has 15 heavy (non-hydrogen) atoms. The zero-order valence-electron chi connectivity index (χ0n) is 7.54. The molecule has 1 heterocycles. The van der Waals surface area contributed by atoms with Crippen LogP contribution in [0.3, 0.4) is 0 Å². The first-order valence-electron chi connectivity index (χ1n) is 4.04. The molecule has 0 aliphatic heterocycles. The molecule has 74 valence electrons. The molecule has 0 atom stereocenters. The van der Waals surface area contributed by atoms with Crippen LogP contribution in [0.5, 0.6) is 0 Å². The van der Waals surface area contributed by atoms with Crippen molar-refractivity contribution in [2.45, 2.75) is 9.24 Å². The second-order valence-corrected chi connectivity index (χ2v) is 4.75. The number of hydrogen-bond donors (Lipinski definition) is 1. The maximum atomic E-state index is 8.92. The van der Waals surface area contributed by atoms with Gasteiger partial charge >= 0.3 is 0 Å². The summed E-state index contributed by atoms with van der Waals surface area (Å²) in [5.41, 5.74) is 6.75. The summed E-state index contributed by atoms with van der Waals surface area (Å²) in [5, 5.41) is 8.92. The molecule has 0 bridgehead atoms. The highest BCUT2D eigenvalue weighted by Crippen LogP contribution is 2.31. The SMILES string of the molecule is N#Cc1cc(N)ccc1Sc1ncns1. The molecule has 2 aromatic rings. The van der Waals surface area contributed by atoms with Gasteiger partial charge in [0.05, 0.1) is 5.56 Å². The molecule has 0 amide bonds. The highest BCUT2D eigenvalue weighted by molar-refractivity contribution is 8.01. The van der Waals surface area contributed by atoms with Crippen molar-refractivity contribution in [3.8, 4) is 6.07 Å². The molecule has 0 saturated heterocycles. The Labute approximate surface area is 94.9 Å². The summed E-state index contributed by atoms with van der Waals surface area (Å²) >= 11 is 2.72. The molecule has 1 aromatic carbocycles. The maximum Gasteiger partial charge on any atom is 0.174 e.